The first-order chi connectivity index (χ1) is 8.88. The summed E-state index contributed by atoms with van der Waals surface area (Å²) in [5, 5.41) is 8.15. The summed E-state index contributed by atoms with van der Waals surface area (Å²) in [5.74, 6) is 0. The lowest BCUT2D eigenvalue weighted by molar-refractivity contribution is 0.598. The SMILES string of the molecule is Nc1c(Nc2cccc(Br)c2)cccc1S(N)(=O)=O. The third kappa shape index (κ3) is 3.25. The predicted octanol–water partition coefficient (Wildman–Crippen LogP) is 2.42. The van der Waals surface area contributed by atoms with Crippen molar-refractivity contribution >= 4 is 43.0 Å². The number of hydrogen-bond acceptors (Lipinski definition) is 4. The summed E-state index contributed by atoms with van der Waals surface area (Å²) >= 11 is 3.35. The molecular weight excluding hydrogens is 330 g/mol. The lowest BCUT2D eigenvalue weighted by Crippen LogP contribution is -2.15. The van der Waals surface area contributed by atoms with E-state index in [9.17, 15) is 8.42 Å². The average molecular weight is 342 g/mol. The minimum absolute atomic E-state index is 0.0903. The highest BCUT2D eigenvalue weighted by molar-refractivity contribution is 9.10. The minimum Gasteiger partial charge on any atom is -0.396 e. The Morgan fingerprint density at radius 1 is 1.11 bits per heavy atom. The molecule has 7 heteroatoms. The molecule has 0 radical (unpaired) electrons. The fourth-order valence-electron chi connectivity index (χ4n) is 1.62. The van der Waals surface area contributed by atoms with Crippen LogP contribution in [0.4, 0.5) is 17.1 Å². The second-order valence-electron chi connectivity index (χ2n) is 3.90. The molecule has 0 bridgehead atoms. The zero-order valence-electron chi connectivity index (χ0n) is 9.80. The van der Waals surface area contributed by atoms with E-state index in [1.165, 1.54) is 6.07 Å². The number of para-hydroxylation sites is 1. The van der Waals surface area contributed by atoms with Crippen LogP contribution >= 0.6 is 15.9 Å². The Hall–Kier alpha value is -1.57. The average Bonchev–Trinajstić information content (AvgIpc) is 2.30. The zero-order valence-corrected chi connectivity index (χ0v) is 12.2. The van der Waals surface area contributed by atoms with Crippen LogP contribution in [0.5, 0.6) is 0 Å². The molecule has 0 spiro atoms. The number of nitrogens with one attached hydrogen (secondary N) is 1. The van der Waals surface area contributed by atoms with E-state index in [0.717, 1.165) is 10.2 Å². The van der Waals surface area contributed by atoms with E-state index in [1.807, 2.05) is 24.3 Å². The van der Waals surface area contributed by atoms with Gasteiger partial charge in [0.25, 0.3) is 0 Å². The number of nitrogens with two attached hydrogens (primary N) is 2. The maximum atomic E-state index is 11.4. The molecule has 5 N–H and O–H groups in total. The van der Waals surface area contributed by atoms with Gasteiger partial charge in [-0.3, -0.25) is 0 Å². The van der Waals surface area contributed by atoms with E-state index >= 15 is 0 Å². The molecule has 2 aromatic carbocycles. The fourth-order valence-corrected chi connectivity index (χ4v) is 2.71. The fraction of sp³-hybridized carbons (Fsp3) is 0. The molecule has 2 aromatic rings. The van der Waals surface area contributed by atoms with Crippen molar-refractivity contribution in [2.24, 2.45) is 5.14 Å². The first kappa shape index (κ1) is 13.9. The second-order valence-corrected chi connectivity index (χ2v) is 6.34. The summed E-state index contributed by atoms with van der Waals surface area (Å²) < 4.78 is 23.7. The van der Waals surface area contributed by atoms with Gasteiger partial charge < -0.3 is 11.1 Å². The molecular formula is C12H12BrN3O2S. The number of benzene rings is 2. The summed E-state index contributed by atoms with van der Waals surface area (Å²) in [4.78, 5) is -0.0903. The third-order valence-electron chi connectivity index (χ3n) is 2.48. The van der Waals surface area contributed by atoms with E-state index < -0.39 is 10.0 Å². The zero-order chi connectivity index (χ0) is 14.0. The molecule has 0 saturated carbocycles. The monoisotopic (exact) mass is 341 g/mol. The summed E-state index contributed by atoms with van der Waals surface area (Å²) in [5.41, 5.74) is 7.20. The number of halogens is 1. The Morgan fingerprint density at radius 2 is 1.79 bits per heavy atom. The van der Waals surface area contributed by atoms with E-state index in [1.54, 1.807) is 12.1 Å². The van der Waals surface area contributed by atoms with Crippen molar-refractivity contribution in [2.45, 2.75) is 4.90 Å². The maximum Gasteiger partial charge on any atom is 0.240 e. The molecule has 0 atom stereocenters. The van der Waals surface area contributed by atoms with Crippen molar-refractivity contribution in [1.29, 1.82) is 0 Å². The van der Waals surface area contributed by atoms with Gasteiger partial charge in [-0.05, 0) is 30.3 Å². The summed E-state index contributed by atoms with van der Waals surface area (Å²) in [6, 6.07) is 12.1. The van der Waals surface area contributed by atoms with Crippen molar-refractivity contribution in [2.75, 3.05) is 11.1 Å². The number of primary sulfonamides is 1. The van der Waals surface area contributed by atoms with Gasteiger partial charge in [0.15, 0.2) is 0 Å². The number of rotatable bonds is 3. The molecule has 100 valence electrons. The van der Waals surface area contributed by atoms with Gasteiger partial charge in [-0.1, -0.05) is 28.1 Å². The Morgan fingerprint density at radius 3 is 2.42 bits per heavy atom. The van der Waals surface area contributed by atoms with Crippen molar-refractivity contribution in [3.05, 3.63) is 46.9 Å². The van der Waals surface area contributed by atoms with Crippen molar-refractivity contribution in [1.82, 2.24) is 0 Å². The van der Waals surface area contributed by atoms with Gasteiger partial charge in [-0.2, -0.15) is 0 Å². The van der Waals surface area contributed by atoms with Crippen LogP contribution < -0.4 is 16.2 Å². The molecule has 0 aliphatic heterocycles. The number of hydrogen-bond donors (Lipinski definition) is 3. The van der Waals surface area contributed by atoms with Crippen molar-refractivity contribution < 1.29 is 8.42 Å². The molecule has 0 unspecified atom stereocenters. The standard InChI is InChI=1S/C12H12BrN3O2S/c13-8-3-1-4-9(7-8)16-10-5-2-6-11(12(10)14)19(15,17)18/h1-7,16H,14H2,(H2,15,17,18). The molecule has 2 rings (SSSR count). The van der Waals surface area contributed by atoms with Crippen LogP contribution in [0.15, 0.2) is 51.8 Å². The van der Waals surface area contributed by atoms with Crippen molar-refractivity contribution in [3.8, 4) is 0 Å². The smallest absolute Gasteiger partial charge is 0.240 e. The molecule has 0 aromatic heterocycles. The van der Waals surface area contributed by atoms with Crippen LogP contribution in [0.2, 0.25) is 0 Å². The molecule has 19 heavy (non-hydrogen) atoms. The normalized spacial score (nSPS) is 11.3. The van der Waals surface area contributed by atoms with Gasteiger partial charge >= 0.3 is 0 Å². The van der Waals surface area contributed by atoms with Crippen LogP contribution in [-0.2, 0) is 10.0 Å². The van der Waals surface area contributed by atoms with Gasteiger partial charge in [0, 0.05) is 10.2 Å². The Labute approximate surface area is 119 Å². The van der Waals surface area contributed by atoms with E-state index in [-0.39, 0.29) is 10.6 Å². The van der Waals surface area contributed by atoms with Gasteiger partial charge in [-0.15, -0.1) is 0 Å². The molecule has 0 saturated heterocycles. The molecule has 0 amide bonds. The van der Waals surface area contributed by atoms with Gasteiger partial charge in [0.1, 0.15) is 4.90 Å². The van der Waals surface area contributed by atoms with Gasteiger partial charge in [-0.25, -0.2) is 13.6 Å². The Bertz CT molecular complexity index is 717. The third-order valence-corrected chi connectivity index (χ3v) is 3.94. The quantitative estimate of drug-likeness (QED) is 0.746. The molecule has 5 nitrogen and oxygen atoms in total. The van der Waals surface area contributed by atoms with Crippen LogP contribution in [0.3, 0.4) is 0 Å². The van der Waals surface area contributed by atoms with Crippen molar-refractivity contribution in [3.63, 3.8) is 0 Å². The maximum absolute atomic E-state index is 11.4. The number of anilines is 3. The van der Waals surface area contributed by atoms with Gasteiger partial charge in [0.05, 0.1) is 11.4 Å². The lowest BCUT2D eigenvalue weighted by Gasteiger charge is -2.12. The molecule has 0 aliphatic carbocycles. The Kier molecular flexibility index (Phi) is 3.79. The van der Waals surface area contributed by atoms with E-state index in [4.69, 9.17) is 10.9 Å². The minimum atomic E-state index is -3.83. The number of sulfonamides is 1. The highest BCUT2D eigenvalue weighted by atomic mass is 79.9. The van der Waals surface area contributed by atoms with Crippen LogP contribution in [0.25, 0.3) is 0 Å². The molecule has 0 aliphatic rings. The summed E-state index contributed by atoms with van der Waals surface area (Å²) in [6.07, 6.45) is 0. The predicted molar refractivity (Wildman–Crippen MR) is 79.7 cm³/mol. The van der Waals surface area contributed by atoms with Gasteiger partial charge in [0.2, 0.25) is 10.0 Å². The van der Waals surface area contributed by atoms with E-state index in [0.29, 0.717) is 5.69 Å². The topological polar surface area (TPSA) is 98.2 Å². The molecule has 0 fully saturated rings. The Balaban J connectivity index is 2.42. The second kappa shape index (κ2) is 5.20. The van der Waals surface area contributed by atoms with Crippen LogP contribution in [-0.4, -0.2) is 8.42 Å². The highest BCUT2D eigenvalue weighted by Crippen LogP contribution is 2.29. The first-order valence-corrected chi connectivity index (χ1v) is 7.66. The van der Waals surface area contributed by atoms with Crippen LogP contribution in [0, 0.1) is 0 Å². The van der Waals surface area contributed by atoms with Crippen LogP contribution in [0.1, 0.15) is 0 Å². The lowest BCUT2D eigenvalue weighted by atomic mass is 10.2. The largest absolute Gasteiger partial charge is 0.396 e. The summed E-state index contributed by atoms with van der Waals surface area (Å²) in [6.45, 7) is 0. The first-order valence-electron chi connectivity index (χ1n) is 5.32. The highest BCUT2D eigenvalue weighted by Gasteiger charge is 2.14. The number of nitrogen functional groups attached to an aromatic ring is 1. The molecule has 0 heterocycles. The van der Waals surface area contributed by atoms with E-state index in [2.05, 4.69) is 21.2 Å². The summed E-state index contributed by atoms with van der Waals surface area (Å²) in [7, 11) is -3.83.